The van der Waals surface area contributed by atoms with Gasteiger partial charge in [-0.3, -0.25) is 0 Å². The molecule has 0 radical (unpaired) electrons. The molecule has 0 spiro atoms. The minimum absolute atomic E-state index is 0.229. The molecule has 1 aliphatic rings. The lowest BCUT2D eigenvalue weighted by Gasteiger charge is -2.37. The summed E-state index contributed by atoms with van der Waals surface area (Å²) in [6, 6.07) is 16.6. The first kappa shape index (κ1) is 23.4. The Hall–Kier alpha value is -2.73. The number of methoxy groups -OCH3 is 1. The van der Waals surface area contributed by atoms with Gasteiger partial charge in [0.2, 0.25) is 5.88 Å². The molecule has 2 atom stereocenters. The van der Waals surface area contributed by atoms with Gasteiger partial charge >= 0.3 is 0 Å². The number of hydrogen-bond acceptors (Lipinski definition) is 5. The molecule has 0 amide bonds. The largest absolute Gasteiger partial charge is 0.481 e. The summed E-state index contributed by atoms with van der Waals surface area (Å²) in [5.74, 6) is 0.345. The number of fused-ring (bicyclic) bond motifs is 1. The summed E-state index contributed by atoms with van der Waals surface area (Å²) in [6.45, 7) is 4.69. The summed E-state index contributed by atoms with van der Waals surface area (Å²) in [7, 11) is 5.74. The Morgan fingerprint density at radius 1 is 1.18 bits per heavy atom. The molecule has 1 aliphatic heterocycles. The van der Waals surface area contributed by atoms with Gasteiger partial charge in [0.25, 0.3) is 0 Å². The monoisotopic (exact) mass is 445 g/mol. The second-order valence-corrected chi connectivity index (χ2v) is 9.23. The van der Waals surface area contributed by atoms with Crippen molar-refractivity contribution in [3.8, 4) is 5.88 Å². The first-order valence-corrected chi connectivity index (χ1v) is 11.7. The van der Waals surface area contributed by atoms with Crippen molar-refractivity contribution in [3.63, 3.8) is 0 Å². The maximum atomic E-state index is 12.4. The quantitative estimate of drug-likeness (QED) is 0.532. The molecule has 2 aromatic carbocycles. The zero-order chi connectivity index (χ0) is 23.4. The van der Waals surface area contributed by atoms with Crippen LogP contribution in [-0.4, -0.2) is 55.8 Å². The zero-order valence-electron chi connectivity index (χ0n) is 20.1. The van der Waals surface area contributed by atoms with Crippen molar-refractivity contribution in [2.45, 2.75) is 31.3 Å². The second kappa shape index (κ2) is 10.0. The Kier molecular flexibility index (Phi) is 7.13. The van der Waals surface area contributed by atoms with E-state index in [9.17, 15) is 5.11 Å². The topological polar surface area (TPSA) is 57.6 Å². The number of rotatable bonds is 8. The Morgan fingerprint density at radius 3 is 2.70 bits per heavy atom. The summed E-state index contributed by atoms with van der Waals surface area (Å²) in [5, 5.41) is 18.0. The Bertz CT molecular complexity index is 1140. The van der Waals surface area contributed by atoms with Crippen molar-refractivity contribution in [2.24, 2.45) is 0 Å². The zero-order valence-corrected chi connectivity index (χ0v) is 20.1. The standard InChI is InChI=1S/C28H35N3O2/c1-20(25-18-23(19-30-27(25)33-4)21-12-15-29-16-13-21)28(32,14-17-31(2)3)26-11-7-9-22-8-5-6-10-24(22)26/h5-12,18-20,29,32H,13-17H2,1-4H3. The van der Waals surface area contributed by atoms with Gasteiger partial charge in [-0.2, -0.15) is 0 Å². The molecule has 5 nitrogen and oxygen atoms in total. The van der Waals surface area contributed by atoms with Crippen LogP contribution in [0.15, 0.2) is 60.8 Å². The van der Waals surface area contributed by atoms with E-state index >= 15 is 0 Å². The van der Waals surface area contributed by atoms with Crippen LogP contribution in [-0.2, 0) is 5.60 Å². The lowest BCUT2D eigenvalue weighted by Crippen LogP contribution is -2.36. The molecular formula is C28H35N3O2. The molecule has 2 heterocycles. The SMILES string of the molecule is COc1ncc(C2=CCNCC2)cc1C(C)C(O)(CCN(C)C)c1cccc2ccccc12. The molecule has 0 aliphatic carbocycles. The van der Waals surface area contributed by atoms with Crippen LogP contribution in [0.1, 0.15) is 42.4 Å². The van der Waals surface area contributed by atoms with Crippen LogP contribution in [0.2, 0.25) is 0 Å². The molecule has 0 bridgehead atoms. The Labute approximate surface area is 197 Å². The van der Waals surface area contributed by atoms with Gasteiger partial charge < -0.3 is 20.1 Å². The number of aromatic nitrogens is 1. The maximum absolute atomic E-state index is 12.4. The van der Waals surface area contributed by atoms with E-state index < -0.39 is 5.60 Å². The van der Waals surface area contributed by atoms with Crippen LogP contribution in [0.4, 0.5) is 0 Å². The van der Waals surface area contributed by atoms with E-state index in [-0.39, 0.29) is 5.92 Å². The number of ether oxygens (including phenoxy) is 1. The van der Waals surface area contributed by atoms with Gasteiger partial charge in [0, 0.05) is 30.8 Å². The van der Waals surface area contributed by atoms with Crippen molar-refractivity contribution in [2.75, 3.05) is 40.8 Å². The molecular weight excluding hydrogens is 410 g/mol. The predicted molar refractivity (Wildman–Crippen MR) is 136 cm³/mol. The molecule has 0 saturated heterocycles. The van der Waals surface area contributed by atoms with E-state index in [0.29, 0.717) is 12.3 Å². The maximum Gasteiger partial charge on any atom is 0.216 e. The summed E-state index contributed by atoms with van der Waals surface area (Å²) < 4.78 is 5.69. The van der Waals surface area contributed by atoms with Crippen LogP contribution in [0.3, 0.4) is 0 Å². The van der Waals surface area contributed by atoms with Gasteiger partial charge in [-0.15, -0.1) is 0 Å². The van der Waals surface area contributed by atoms with E-state index in [1.807, 2.05) is 38.5 Å². The average Bonchev–Trinajstić information content (AvgIpc) is 2.86. The summed E-state index contributed by atoms with van der Waals surface area (Å²) in [4.78, 5) is 6.77. The van der Waals surface area contributed by atoms with Gasteiger partial charge in [0.15, 0.2) is 0 Å². The smallest absolute Gasteiger partial charge is 0.216 e. The Morgan fingerprint density at radius 2 is 1.97 bits per heavy atom. The lowest BCUT2D eigenvalue weighted by atomic mass is 9.74. The minimum Gasteiger partial charge on any atom is -0.481 e. The van der Waals surface area contributed by atoms with Gasteiger partial charge in [-0.05, 0) is 67.0 Å². The van der Waals surface area contributed by atoms with E-state index in [1.54, 1.807) is 7.11 Å². The normalized spacial score (nSPS) is 17.0. The molecule has 33 heavy (non-hydrogen) atoms. The summed E-state index contributed by atoms with van der Waals surface area (Å²) in [5.41, 5.74) is 3.18. The molecule has 5 heteroatoms. The fourth-order valence-electron chi connectivity index (χ4n) is 4.85. The van der Waals surface area contributed by atoms with E-state index in [2.05, 4.69) is 58.5 Å². The third kappa shape index (κ3) is 4.81. The number of hydrogen-bond donors (Lipinski definition) is 2. The third-order valence-corrected chi connectivity index (χ3v) is 6.89. The van der Waals surface area contributed by atoms with Gasteiger partial charge in [-0.1, -0.05) is 55.5 Å². The van der Waals surface area contributed by atoms with Gasteiger partial charge in [0.05, 0.1) is 12.7 Å². The van der Waals surface area contributed by atoms with Crippen LogP contribution in [0.5, 0.6) is 5.88 Å². The van der Waals surface area contributed by atoms with Gasteiger partial charge in [-0.25, -0.2) is 4.98 Å². The van der Waals surface area contributed by atoms with Crippen LogP contribution in [0.25, 0.3) is 16.3 Å². The predicted octanol–water partition coefficient (Wildman–Crippen LogP) is 4.56. The number of nitrogens with one attached hydrogen (secondary N) is 1. The Balaban J connectivity index is 1.85. The molecule has 0 saturated carbocycles. The van der Waals surface area contributed by atoms with Gasteiger partial charge in [0.1, 0.15) is 0 Å². The molecule has 3 aromatic rings. The number of aliphatic hydroxyl groups is 1. The molecule has 4 rings (SSSR count). The van der Waals surface area contributed by atoms with Crippen molar-refractivity contribution in [3.05, 3.63) is 77.5 Å². The highest BCUT2D eigenvalue weighted by Gasteiger charge is 2.39. The van der Waals surface area contributed by atoms with Crippen molar-refractivity contribution >= 4 is 16.3 Å². The molecule has 0 fully saturated rings. The highest BCUT2D eigenvalue weighted by Crippen LogP contribution is 2.45. The summed E-state index contributed by atoms with van der Waals surface area (Å²) in [6.07, 6.45) is 5.68. The highest BCUT2D eigenvalue weighted by atomic mass is 16.5. The lowest BCUT2D eigenvalue weighted by molar-refractivity contribution is -0.00118. The second-order valence-electron chi connectivity index (χ2n) is 9.23. The number of nitrogens with zero attached hydrogens (tertiary/aromatic N) is 2. The molecule has 2 unspecified atom stereocenters. The van der Waals surface area contributed by atoms with Crippen molar-refractivity contribution in [1.29, 1.82) is 0 Å². The molecule has 2 N–H and O–H groups in total. The first-order valence-electron chi connectivity index (χ1n) is 11.7. The number of benzene rings is 2. The summed E-state index contributed by atoms with van der Waals surface area (Å²) >= 11 is 0. The highest BCUT2D eigenvalue weighted by molar-refractivity contribution is 5.86. The van der Waals surface area contributed by atoms with Crippen LogP contribution in [0, 0.1) is 0 Å². The van der Waals surface area contributed by atoms with Crippen molar-refractivity contribution < 1.29 is 9.84 Å². The molecule has 174 valence electrons. The number of pyridine rings is 1. The van der Waals surface area contributed by atoms with E-state index in [0.717, 1.165) is 53.5 Å². The van der Waals surface area contributed by atoms with Crippen molar-refractivity contribution in [1.82, 2.24) is 15.2 Å². The van der Waals surface area contributed by atoms with Crippen LogP contribution < -0.4 is 10.1 Å². The van der Waals surface area contributed by atoms with Crippen LogP contribution >= 0.6 is 0 Å². The molecule has 1 aromatic heterocycles. The van der Waals surface area contributed by atoms with E-state index in [4.69, 9.17) is 4.74 Å². The first-order chi connectivity index (χ1) is 15.9. The average molecular weight is 446 g/mol. The fourth-order valence-corrected chi connectivity index (χ4v) is 4.85. The fraction of sp³-hybridized carbons (Fsp3) is 0.393. The minimum atomic E-state index is -1.10. The third-order valence-electron chi connectivity index (χ3n) is 6.89. The van der Waals surface area contributed by atoms with E-state index in [1.165, 1.54) is 5.57 Å².